The van der Waals surface area contributed by atoms with E-state index in [1.165, 1.54) is 51.4 Å². The molecule has 0 radical (unpaired) electrons. The third kappa shape index (κ3) is 19.7. The number of rotatable bonds is 16. The largest absolute Gasteiger partial charge is 0.466 e. The van der Waals surface area contributed by atoms with Crippen molar-refractivity contribution in [1.29, 1.82) is 0 Å². The molecule has 0 saturated heterocycles. The van der Waals surface area contributed by atoms with E-state index >= 15 is 0 Å². The molecule has 0 amide bonds. The third-order valence-electron chi connectivity index (χ3n) is 3.85. The van der Waals surface area contributed by atoms with Crippen molar-refractivity contribution >= 4 is 18.4 Å². The van der Waals surface area contributed by atoms with E-state index < -0.39 is 0 Å². The number of esters is 1. The lowest BCUT2D eigenvalue weighted by molar-refractivity contribution is -0.143. The Morgan fingerprint density at radius 2 is 1.27 bits per heavy atom. The summed E-state index contributed by atoms with van der Waals surface area (Å²) in [5.41, 5.74) is 5.42. The average molecular weight is 336 g/mol. The second-order valence-corrected chi connectivity index (χ2v) is 6.00. The zero-order chi connectivity index (χ0) is 15.6. The predicted molar refractivity (Wildman–Crippen MR) is 97.6 cm³/mol. The van der Waals surface area contributed by atoms with Gasteiger partial charge in [0.2, 0.25) is 0 Å². The maximum Gasteiger partial charge on any atom is 0.305 e. The van der Waals surface area contributed by atoms with E-state index in [0.29, 0.717) is 13.0 Å². The summed E-state index contributed by atoms with van der Waals surface area (Å²) in [4.78, 5) is 11.5. The van der Waals surface area contributed by atoms with Gasteiger partial charge in [-0.15, -0.1) is 12.4 Å². The molecular formula is C18H38ClNO2. The Labute approximate surface area is 144 Å². The molecule has 0 aliphatic carbocycles. The molecule has 22 heavy (non-hydrogen) atoms. The Kier molecular flexibility index (Phi) is 22.6. The normalized spacial score (nSPS) is 10.3. The summed E-state index contributed by atoms with van der Waals surface area (Å²) in [5.74, 6) is -0.0256. The van der Waals surface area contributed by atoms with Crippen LogP contribution in [0.2, 0.25) is 0 Å². The summed E-state index contributed by atoms with van der Waals surface area (Å²) in [7, 11) is 0. The van der Waals surface area contributed by atoms with E-state index in [9.17, 15) is 4.79 Å². The maximum atomic E-state index is 11.5. The highest BCUT2D eigenvalue weighted by Gasteiger charge is 2.02. The molecular weight excluding hydrogens is 298 g/mol. The molecule has 0 bridgehead atoms. The van der Waals surface area contributed by atoms with Gasteiger partial charge in [-0.25, -0.2) is 0 Å². The van der Waals surface area contributed by atoms with Crippen molar-refractivity contribution in [2.24, 2.45) is 5.73 Å². The minimum atomic E-state index is -0.0256. The fraction of sp³-hybridized carbons (Fsp3) is 0.944. The van der Waals surface area contributed by atoms with E-state index in [4.69, 9.17) is 10.5 Å². The Morgan fingerprint density at radius 1 is 0.773 bits per heavy atom. The number of carbonyl (C=O) groups excluding carboxylic acids is 1. The molecule has 0 spiro atoms. The number of ether oxygens (including phenoxy) is 1. The van der Waals surface area contributed by atoms with Crippen molar-refractivity contribution in [3.8, 4) is 0 Å². The molecule has 0 aliphatic rings. The van der Waals surface area contributed by atoms with Crippen LogP contribution in [0.4, 0.5) is 0 Å². The third-order valence-corrected chi connectivity index (χ3v) is 3.85. The van der Waals surface area contributed by atoms with Crippen LogP contribution in [-0.2, 0) is 9.53 Å². The topological polar surface area (TPSA) is 52.3 Å². The smallest absolute Gasteiger partial charge is 0.305 e. The van der Waals surface area contributed by atoms with Crippen LogP contribution in [0, 0.1) is 0 Å². The first-order valence-electron chi connectivity index (χ1n) is 9.17. The summed E-state index contributed by atoms with van der Waals surface area (Å²) in [6.07, 6.45) is 16.4. The first-order valence-corrected chi connectivity index (χ1v) is 9.17. The average Bonchev–Trinajstić information content (AvgIpc) is 2.49. The number of hydrogen-bond donors (Lipinski definition) is 1. The zero-order valence-electron chi connectivity index (χ0n) is 14.6. The standard InChI is InChI=1S/C18H37NO2.ClH/c1-2-3-4-5-6-7-8-11-14-17-21-18(20)15-12-9-10-13-16-19;/h2-17,19H2,1H3;1H. The van der Waals surface area contributed by atoms with E-state index in [1.807, 2.05) is 0 Å². The minimum Gasteiger partial charge on any atom is -0.466 e. The summed E-state index contributed by atoms with van der Waals surface area (Å²) < 4.78 is 5.24. The lowest BCUT2D eigenvalue weighted by Gasteiger charge is -2.05. The molecule has 4 heteroatoms. The van der Waals surface area contributed by atoms with Gasteiger partial charge in [0, 0.05) is 6.42 Å². The van der Waals surface area contributed by atoms with E-state index in [1.54, 1.807) is 0 Å². The van der Waals surface area contributed by atoms with Gasteiger partial charge in [0.05, 0.1) is 6.61 Å². The molecule has 0 rings (SSSR count). The van der Waals surface area contributed by atoms with Gasteiger partial charge < -0.3 is 10.5 Å². The molecule has 0 fully saturated rings. The molecule has 0 aromatic heterocycles. The van der Waals surface area contributed by atoms with E-state index in [2.05, 4.69) is 6.92 Å². The lowest BCUT2D eigenvalue weighted by atomic mass is 10.1. The van der Waals surface area contributed by atoms with Crippen molar-refractivity contribution in [1.82, 2.24) is 0 Å². The SMILES string of the molecule is CCCCCCCCCCCOC(=O)CCCCCCN.Cl. The molecule has 0 atom stereocenters. The molecule has 0 unspecified atom stereocenters. The number of hydrogen-bond acceptors (Lipinski definition) is 3. The molecule has 2 N–H and O–H groups in total. The summed E-state index contributed by atoms with van der Waals surface area (Å²) in [6, 6.07) is 0. The quantitative estimate of drug-likeness (QED) is 0.304. The van der Waals surface area contributed by atoms with Crippen LogP contribution in [0.5, 0.6) is 0 Å². The Hall–Kier alpha value is -0.280. The van der Waals surface area contributed by atoms with Crippen molar-refractivity contribution < 1.29 is 9.53 Å². The van der Waals surface area contributed by atoms with Gasteiger partial charge in [-0.2, -0.15) is 0 Å². The van der Waals surface area contributed by atoms with Crippen LogP contribution in [0.1, 0.15) is 96.8 Å². The number of halogens is 1. The number of unbranched alkanes of at least 4 members (excludes halogenated alkanes) is 11. The summed E-state index contributed by atoms with van der Waals surface area (Å²) >= 11 is 0. The van der Waals surface area contributed by atoms with Gasteiger partial charge in [-0.05, 0) is 25.8 Å². The Balaban J connectivity index is 0. The molecule has 0 saturated carbocycles. The van der Waals surface area contributed by atoms with Gasteiger partial charge in [0.25, 0.3) is 0 Å². The van der Waals surface area contributed by atoms with Gasteiger partial charge in [-0.3, -0.25) is 4.79 Å². The van der Waals surface area contributed by atoms with Crippen LogP contribution in [0.15, 0.2) is 0 Å². The molecule has 0 aliphatic heterocycles. The van der Waals surface area contributed by atoms with Crippen LogP contribution < -0.4 is 5.73 Å². The fourth-order valence-electron chi connectivity index (χ4n) is 2.44. The number of nitrogens with two attached hydrogens (primary N) is 1. The van der Waals surface area contributed by atoms with Crippen LogP contribution in [0.25, 0.3) is 0 Å². The lowest BCUT2D eigenvalue weighted by Crippen LogP contribution is -2.05. The molecule has 0 aromatic rings. The maximum absolute atomic E-state index is 11.5. The van der Waals surface area contributed by atoms with Gasteiger partial charge in [0.1, 0.15) is 0 Å². The van der Waals surface area contributed by atoms with Crippen LogP contribution in [-0.4, -0.2) is 19.1 Å². The fourth-order valence-corrected chi connectivity index (χ4v) is 2.44. The van der Waals surface area contributed by atoms with E-state index in [0.717, 1.165) is 38.6 Å². The second kappa shape index (κ2) is 20.7. The first kappa shape index (κ1) is 24.0. The highest BCUT2D eigenvalue weighted by atomic mass is 35.5. The molecule has 3 nitrogen and oxygen atoms in total. The van der Waals surface area contributed by atoms with Crippen LogP contribution in [0.3, 0.4) is 0 Å². The van der Waals surface area contributed by atoms with Gasteiger partial charge in [0.15, 0.2) is 0 Å². The zero-order valence-corrected chi connectivity index (χ0v) is 15.4. The number of carbonyl (C=O) groups is 1. The van der Waals surface area contributed by atoms with Gasteiger partial charge in [-0.1, -0.05) is 71.1 Å². The van der Waals surface area contributed by atoms with Crippen LogP contribution >= 0.6 is 12.4 Å². The van der Waals surface area contributed by atoms with Gasteiger partial charge >= 0.3 is 5.97 Å². The van der Waals surface area contributed by atoms with Crippen molar-refractivity contribution in [3.05, 3.63) is 0 Å². The molecule has 0 aromatic carbocycles. The monoisotopic (exact) mass is 335 g/mol. The highest BCUT2D eigenvalue weighted by Crippen LogP contribution is 2.10. The summed E-state index contributed by atoms with van der Waals surface area (Å²) in [6.45, 7) is 3.61. The van der Waals surface area contributed by atoms with E-state index in [-0.39, 0.29) is 18.4 Å². The minimum absolute atomic E-state index is 0. The predicted octanol–water partition coefficient (Wildman–Crippen LogP) is 5.39. The molecule has 134 valence electrons. The van der Waals surface area contributed by atoms with Crippen molar-refractivity contribution in [2.75, 3.05) is 13.2 Å². The Bertz CT molecular complexity index is 225. The van der Waals surface area contributed by atoms with Crippen molar-refractivity contribution in [2.45, 2.75) is 96.8 Å². The summed E-state index contributed by atoms with van der Waals surface area (Å²) in [5, 5.41) is 0. The Morgan fingerprint density at radius 3 is 1.86 bits per heavy atom. The van der Waals surface area contributed by atoms with Crippen molar-refractivity contribution in [3.63, 3.8) is 0 Å². The second-order valence-electron chi connectivity index (χ2n) is 6.00. The first-order chi connectivity index (χ1) is 10.3. The highest BCUT2D eigenvalue weighted by molar-refractivity contribution is 5.85. The molecule has 0 heterocycles.